The normalized spacial score (nSPS) is 15.2. The fraction of sp³-hybridized carbons (Fsp3) is 0.357. The van der Waals surface area contributed by atoms with Crippen LogP contribution in [-0.4, -0.2) is 5.71 Å². The van der Waals surface area contributed by atoms with Crippen molar-refractivity contribution in [3.8, 4) is 0 Å². The first-order valence-electron chi connectivity index (χ1n) is 5.89. The monoisotopic (exact) mass is 340 g/mol. The van der Waals surface area contributed by atoms with Crippen LogP contribution in [0.5, 0.6) is 0 Å². The first kappa shape index (κ1) is 12.6. The second kappa shape index (κ2) is 5.21. The molecule has 2 nitrogen and oxygen atoms in total. The van der Waals surface area contributed by atoms with E-state index in [0.29, 0.717) is 0 Å². The Morgan fingerprint density at radius 3 is 2.65 bits per heavy atom. The van der Waals surface area contributed by atoms with Crippen LogP contribution in [-0.2, 0) is 6.42 Å². The fourth-order valence-corrected chi connectivity index (χ4v) is 2.78. The summed E-state index contributed by atoms with van der Waals surface area (Å²) >= 11 is 2.18. The lowest BCUT2D eigenvalue weighted by Crippen LogP contribution is -1.94. The number of halogens is 1. The number of benzene rings is 1. The molecule has 0 amide bonds. The first-order chi connectivity index (χ1) is 8.15. The number of nitrogens with zero attached hydrogens (tertiary/aromatic N) is 1. The van der Waals surface area contributed by atoms with Crippen LogP contribution in [0.15, 0.2) is 28.9 Å². The fourth-order valence-electron chi connectivity index (χ4n) is 2.25. The Hall–Kier alpha value is -0.840. The zero-order valence-corrected chi connectivity index (χ0v) is 12.6. The number of aryl methyl sites for hydroxylation is 1. The standard InChI is InChI=1S/C14H17IN2/c1-4-11-8-12(5-6-14(11)17-15)13-7-9(2)16-10(13)3/h5-6,8,17H,4,7H2,1-3H3. The molecule has 0 spiro atoms. The van der Waals surface area contributed by atoms with Crippen LogP contribution in [0.1, 0.15) is 38.3 Å². The van der Waals surface area contributed by atoms with Gasteiger partial charge in [0, 0.05) is 23.5 Å². The Morgan fingerprint density at radius 1 is 1.35 bits per heavy atom. The Labute approximate surface area is 117 Å². The highest BCUT2D eigenvalue weighted by molar-refractivity contribution is 14.1. The first-order valence-corrected chi connectivity index (χ1v) is 6.97. The van der Waals surface area contributed by atoms with E-state index in [-0.39, 0.29) is 0 Å². The molecule has 1 aliphatic rings. The van der Waals surface area contributed by atoms with Gasteiger partial charge in [-0.15, -0.1) is 0 Å². The Kier molecular flexibility index (Phi) is 3.86. The van der Waals surface area contributed by atoms with Crippen molar-refractivity contribution in [2.45, 2.75) is 33.6 Å². The summed E-state index contributed by atoms with van der Waals surface area (Å²) < 4.78 is 3.21. The third-order valence-corrected chi connectivity index (χ3v) is 3.75. The van der Waals surface area contributed by atoms with Gasteiger partial charge in [-0.2, -0.15) is 0 Å². The predicted octanol–water partition coefficient (Wildman–Crippen LogP) is 4.61. The topological polar surface area (TPSA) is 24.4 Å². The average molecular weight is 340 g/mol. The van der Waals surface area contributed by atoms with Gasteiger partial charge in [0.05, 0.1) is 22.9 Å². The van der Waals surface area contributed by atoms with Gasteiger partial charge in [0.2, 0.25) is 0 Å². The van der Waals surface area contributed by atoms with Gasteiger partial charge in [-0.1, -0.05) is 13.0 Å². The highest BCUT2D eigenvalue weighted by atomic mass is 127. The maximum absolute atomic E-state index is 4.52. The van der Waals surface area contributed by atoms with Crippen molar-refractivity contribution >= 4 is 39.8 Å². The van der Waals surface area contributed by atoms with Gasteiger partial charge in [0.25, 0.3) is 0 Å². The molecule has 1 aromatic rings. The smallest absolute Gasteiger partial charge is 0.0560 e. The second-order valence-corrected chi connectivity index (χ2v) is 4.95. The van der Waals surface area contributed by atoms with Gasteiger partial charge in [-0.05, 0) is 49.1 Å². The molecule has 1 aliphatic heterocycles. The number of anilines is 1. The number of hydrogen-bond donors (Lipinski definition) is 1. The van der Waals surface area contributed by atoms with Crippen LogP contribution < -0.4 is 3.53 Å². The third kappa shape index (κ3) is 2.54. The van der Waals surface area contributed by atoms with Crippen LogP contribution >= 0.6 is 22.9 Å². The summed E-state index contributed by atoms with van der Waals surface area (Å²) in [5.74, 6) is 0. The van der Waals surface area contributed by atoms with Crippen LogP contribution in [0.2, 0.25) is 0 Å². The summed E-state index contributed by atoms with van der Waals surface area (Å²) in [7, 11) is 0. The van der Waals surface area contributed by atoms with E-state index in [1.807, 2.05) is 0 Å². The molecule has 0 unspecified atom stereocenters. The Bertz CT molecular complexity index is 501. The van der Waals surface area contributed by atoms with Gasteiger partial charge < -0.3 is 3.53 Å². The number of nitrogens with one attached hydrogen (secondary N) is 1. The number of rotatable bonds is 3. The molecule has 0 aliphatic carbocycles. The molecule has 0 fully saturated rings. The van der Waals surface area contributed by atoms with Crippen molar-refractivity contribution in [3.05, 3.63) is 35.0 Å². The summed E-state index contributed by atoms with van der Waals surface area (Å²) in [6.45, 7) is 6.38. The molecule has 2 rings (SSSR count). The van der Waals surface area contributed by atoms with Crippen molar-refractivity contribution in [2.75, 3.05) is 3.53 Å². The molecule has 1 heterocycles. The maximum atomic E-state index is 4.52. The summed E-state index contributed by atoms with van der Waals surface area (Å²) in [6.07, 6.45) is 2.04. The highest BCUT2D eigenvalue weighted by Gasteiger charge is 2.14. The molecule has 0 aromatic heterocycles. The van der Waals surface area contributed by atoms with Crippen LogP contribution in [0.3, 0.4) is 0 Å². The van der Waals surface area contributed by atoms with E-state index in [9.17, 15) is 0 Å². The molecule has 17 heavy (non-hydrogen) atoms. The number of aliphatic imine (C=N–C) groups is 1. The molecule has 1 aromatic carbocycles. The van der Waals surface area contributed by atoms with E-state index in [1.165, 1.54) is 33.8 Å². The molecule has 0 radical (unpaired) electrons. The lowest BCUT2D eigenvalue weighted by atomic mass is 9.97. The molecular formula is C14H17IN2. The average Bonchev–Trinajstić information content (AvgIpc) is 2.67. The van der Waals surface area contributed by atoms with Gasteiger partial charge in [-0.3, -0.25) is 4.99 Å². The minimum Gasteiger partial charge on any atom is -0.328 e. The minimum atomic E-state index is 0.992. The van der Waals surface area contributed by atoms with Crippen LogP contribution in [0, 0.1) is 0 Å². The van der Waals surface area contributed by atoms with Crippen LogP contribution in [0.25, 0.3) is 5.57 Å². The molecule has 3 heteroatoms. The third-order valence-electron chi connectivity index (χ3n) is 3.16. The summed E-state index contributed by atoms with van der Waals surface area (Å²) in [5, 5.41) is 0. The molecule has 0 bridgehead atoms. The number of hydrogen-bond acceptors (Lipinski definition) is 2. The van der Waals surface area contributed by atoms with Gasteiger partial charge >= 0.3 is 0 Å². The quantitative estimate of drug-likeness (QED) is 0.631. The SMILES string of the molecule is CCc1cc(C2=C(C)N=C(C)C2)ccc1NI. The Balaban J connectivity index is 2.39. The van der Waals surface area contributed by atoms with E-state index < -0.39 is 0 Å². The van der Waals surface area contributed by atoms with Crippen molar-refractivity contribution < 1.29 is 0 Å². The van der Waals surface area contributed by atoms with Crippen molar-refractivity contribution in [1.82, 2.24) is 0 Å². The van der Waals surface area contributed by atoms with E-state index >= 15 is 0 Å². The number of allylic oxidation sites excluding steroid dienone is 2. The van der Waals surface area contributed by atoms with Crippen molar-refractivity contribution in [1.29, 1.82) is 0 Å². The van der Waals surface area contributed by atoms with Crippen molar-refractivity contribution in [2.24, 2.45) is 4.99 Å². The zero-order chi connectivity index (χ0) is 12.4. The minimum absolute atomic E-state index is 0.992. The molecular weight excluding hydrogens is 323 g/mol. The second-order valence-electron chi connectivity index (χ2n) is 4.41. The van der Waals surface area contributed by atoms with Crippen molar-refractivity contribution in [3.63, 3.8) is 0 Å². The van der Waals surface area contributed by atoms with Gasteiger partial charge in [-0.25, -0.2) is 0 Å². The highest BCUT2D eigenvalue weighted by Crippen LogP contribution is 2.31. The molecule has 0 saturated heterocycles. The van der Waals surface area contributed by atoms with E-state index in [2.05, 4.69) is 70.4 Å². The maximum Gasteiger partial charge on any atom is 0.0560 e. The Morgan fingerprint density at radius 2 is 2.12 bits per heavy atom. The van der Waals surface area contributed by atoms with Crippen LogP contribution in [0.4, 0.5) is 5.69 Å². The predicted molar refractivity (Wildman–Crippen MR) is 83.8 cm³/mol. The summed E-state index contributed by atoms with van der Waals surface area (Å²) in [6, 6.07) is 6.63. The summed E-state index contributed by atoms with van der Waals surface area (Å²) in [4.78, 5) is 4.52. The zero-order valence-electron chi connectivity index (χ0n) is 10.5. The van der Waals surface area contributed by atoms with Gasteiger partial charge in [0.1, 0.15) is 0 Å². The lowest BCUT2D eigenvalue weighted by Gasteiger charge is -2.10. The largest absolute Gasteiger partial charge is 0.328 e. The molecule has 0 saturated carbocycles. The van der Waals surface area contributed by atoms with E-state index in [0.717, 1.165) is 12.8 Å². The van der Waals surface area contributed by atoms with E-state index in [1.54, 1.807) is 0 Å². The summed E-state index contributed by atoms with van der Waals surface area (Å²) in [5.41, 5.74) is 7.64. The molecule has 1 N–H and O–H groups in total. The molecule has 90 valence electrons. The molecule has 0 atom stereocenters. The lowest BCUT2D eigenvalue weighted by molar-refractivity contribution is 1.14. The van der Waals surface area contributed by atoms with E-state index in [4.69, 9.17) is 0 Å². The van der Waals surface area contributed by atoms with Gasteiger partial charge in [0.15, 0.2) is 0 Å².